The first-order chi connectivity index (χ1) is 10.1. The van der Waals surface area contributed by atoms with Gasteiger partial charge in [0.15, 0.2) is 0 Å². The molecular weight excluding hydrogens is 264 g/mol. The van der Waals surface area contributed by atoms with Gasteiger partial charge in [0.1, 0.15) is 5.56 Å². The number of pyridine rings is 1. The van der Waals surface area contributed by atoms with Crippen molar-refractivity contribution < 1.29 is 4.79 Å². The van der Waals surface area contributed by atoms with Crippen LogP contribution in [-0.4, -0.2) is 28.9 Å². The average molecular weight is 284 g/mol. The molecule has 2 heterocycles. The third-order valence-electron chi connectivity index (χ3n) is 4.30. The Morgan fingerprint density at radius 1 is 1.38 bits per heavy atom. The van der Waals surface area contributed by atoms with Crippen molar-refractivity contribution in [1.82, 2.24) is 9.88 Å². The van der Waals surface area contributed by atoms with Gasteiger partial charge in [-0.2, -0.15) is 0 Å². The van der Waals surface area contributed by atoms with Gasteiger partial charge in [-0.25, -0.2) is 0 Å². The van der Waals surface area contributed by atoms with Crippen LogP contribution < -0.4 is 5.43 Å². The van der Waals surface area contributed by atoms with Gasteiger partial charge in [0.25, 0.3) is 5.91 Å². The molecule has 1 aromatic heterocycles. The van der Waals surface area contributed by atoms with E-state index in [1.165, 1.54) is 0 Å². The second-order valence-corrected chi connectivity index (χ2v) is 6.03. The number of piperidine rings is 1. The number of benzene rings is 1. The summed E-state index contributed by atoms with van der Waals surface area (Å²) in [6, 6.07) is 5.58. The Bertz CT molecular complexity index is 748. The van der Waals surface area contributed by atoms with Crippen molar-refractivity contribution in [3.63, 3.8) is 0 Å². The van der Waals surface area contributed by atoms with E-state index in [0.29, 0.717) is 11.3 Å². The lowest BCUT2D eigenvalue weighted by atomic mass is 9.99. The lowest BCUT2D eigenvalue weighted by Gasteiger charge is -2.30. The third-order valence-corrected chi connectivity index (χ3v) is 4.30. The summed E-state index contributed by atoms with van der Waals surface area (Å²) >= 11 is 0. The predicted octanol–water partition coefficient (Wildman–Crippen LogP) is 2.71. The van der Waals surface area contributed by atoms with E-state index in [0.717, 1.165) is 37.0 Å². The largest absolute Gasteiger partial charge is 0.360 e. The maximum absolute atomic E-state index is 12.6. The first kappa shape index (κ1) is 13.9. The Balaban J connectivity index is 2.03. The van der Waals surface area contributed by atoms with Crippen molar-refractivity contribution in [3.8, 4) is 0 Å². The van der Waals surface area contributed by atoms with Crippen LogP contribution in [0, 0.1) is 12.8 Å². The minimum absolute atomic E-state index is 0.147. The van der Waals surface area contributed by atoms with E-state index in [9.17, 15) is 9.59 Å². The quantitative estimate of drug-likeness (QED) is 0.875. The van der Waals surface area contributed by atoms with Crippen LogP contribution in [-0.2, 0) is 0 Å². The van der Waals surface area contributed by atoms with Crippen molar-refractivity contribution in [3.05, 3.63) is 45.7 Å². The van der Waals surface area contributed by atoms with E-state index in [-0.39, 0.29) is 16.9 Å². The van der Waals surface area contributed by atoms with E-state index < -0.39 is 0 Å². The Labute approximate surface area is 123 Å². The molecule has 1 amide bonds. The van der Waals surface area contributed by atoms with Crippen LogP contribution in [0.1, 0.15) is 35.7 Å². The zero-order valence-corrected chi connectivity index (χ0v) is 12.5. The molecule has 1 atom stereocenters. The number of hydrogen-bond acceptors (Lipinski definition) is 2. The number of amides is 1. The number of hydrogen-bond donors (Lipinski definition) is 1. The van der Waals surface area contributed by atoms with Gasteiger partial charge in [0.05, 0.1) is 5.52 Å². The summed E-state index contributed by atoms with van der Waals surface area (Å²) in [5.74, 6) is 0.357. The van der Waals surface area contributed by atoms with Crippen LogP contribution in [0.3, 0.4) is 0 Å². The van der Waals surface area contributed by atoms with Crippen molar-refractivity contribution in [2.45, 2.75) is 26.7 Å². The highest BCUT2D eigenvalue weighted by atomic mass is 16.2. The molecule has 2 aromatic rings. The van der Waals surface area contributed by atoms with E-state index >= 15 is 0 Å². The van der Waals surface area contributed by atoms with E-state index in [1.54, 1.807) is 17.2 Å². The molecule has 1 unspecified atom stereocenters. The van der Waals surface area contributed by atoms with Gasteiger partial charge in [-0.3, -0.25) is 9.59 Å². The standard InChI is InChI=1S/C17H20N2O2/c1-11-5-4-8-19(10-11)17(21)14-9-18-15-12(2)6-3-7-13(15)16(14)20/h3,6-7,9,11H,4-5,8,10H2,1-2H3,(H,18,20). The molecule has 0 saturated carbocycles. The Hall–Kier alpha value is -2.10. The molecule has 3 rings (SSSR count). The summed E-state index contributed by atoms with van der Waals surface area (Å²) in [5, 5.41) is 0.589. The van der Waals surface area contributed by atoms with Gasteiger partial charge in [0.2, 0.25) is 5.43 Å². The third kappa shape index (κ3) is 2.46. The number of aryl methyl sites for hydroxylation is 1. The molecule has 1 fully saturated rings. The summed E-state index contributed by atoms with van der Waals surface area (Å²) in [7, 11) is 0. The highest BCUT2D eigenvalue weighted by Gasteiger charge is 2.24. The zero-order valence-electron chi connectivity index (χ0n) is 12.5. The second kappa shape index (κ2) is 5.35. The monoisotopic (exact) mass is 284 g/mol. The van der Waals surface area contributed by atoms with Gasteiger partial charge in [-0.1, -0.05) is 19.1 Å². The summed E-state index contributed by atoms with van der Waals surface area (Å²) < 4.78 is 0. The van der Waals surface area contributed by atoms with Crippen molar-refractivity contribution in [2.75, 3.05) is 13.1 Å². The minimum Gasteiger partial charge on any atom is -0.360 e. The molecule has 4 nitrogen and oxygen atoms in total. The molecule has 4 heteroatoms. The molecule has 1 aromatic carbocycles. The van der Waals surface area contributed by atoms with Crippen LogP contribution in [0.2, 0.25) is 0 Å². The minimum atomic E-state index is -0.171. The highest BCUT2D eigenvalue weighted by molar-refractivity contribution is 5.97. The molecule has 21 heavy (non-hydrogen) atoms. The number of carbonyl (C=O) groups excluding carboxylic acids is 1. The summed E-state index contributed by atoms with van der Waals surface area (Å²) in [5.41, 5.74) is 1.90. The lowest BCUT2D eigenvalue weighted by molar-refractivity contribution is 0.0681. The first-order valence-corrected chi connectivity index (χ1v) is 7.48. The average Bonchev–Trinajstić information content (AvgIpc) is 2.48. The SMILES string of the molecule is Cc1cccc2c(=O)c(C(=O)N3CCCC(C)C3)c[nH]c12. The Morgan fingerprint density at radius 3 is 2.95 bits per heavy atom. The number of carbonyl (C=O) groups is 1. The predicted molar refractivity (Wildman–Crippen MR) is 83.6 cm³/mol. The fourth-order valence-corrected chi connectivity index (χ4v) is 3.11. The summed E-state index contributed by atoms with van der Waals surface area (Å²) in [6.07, 6.45) is 3.73. The summed E-state index contributed by atoms with van der Waals surface area (Å²) in [4.78, 5) is 30.1. The molecular formula is C17H20N2O2. The van der Waals surface area contributed by atoms with Crippen LogP contribution in [0.4, 0.5) is 0 Å². The maximum atomic E-state index is 12.6. The summed E-state index contributed by atoms with van der Waals surface area (Å²) in [6.45, 7) is 5.58. The number of nitrogens with zero attached hydrogens (tertiary/aromatic N) is 1. The molecule has 1 aliphatic rings. The first-order valence-electron chi connectivity index (χ1n) is 7.48. The smallest absolute Gasteiger partial charge is 0.259 e. The van der Waals surface area contributed by atoms with E-state index in [2.05, 4.69) is 11.9 Å². The van der Waals surface area contributed by atoms with Crippen LogP contribution in [0.5, 0.6) is 0 Å². The van der Waals surface area contributed by atoms with Gasteiger partial charge >= 0.3 is 0 Å². The fourth-order valence-electron chi connectivity index (χ4n) is 3.11. The van der Waals surface area contributed by atoms with E-state index in [4.69, 9.17) is 0 Å². The number of aromatic nitrogens is 1. The molecule has 0 aliphatic carbocycles. The van der Waals surface area contributed by atoms with Gasteiger partial charge in [0, 0.05) is 24.7 Å². The second-order valence-electron chi connectivity index (χ2n) is 6.03. The van der Waals surface area contributed by atoms with Gasteiger partial charge in [-0.15, -0.1) is 0 Å². The van der Waals surface area contributed by atoms with Crippen molar-refractivity contribution in [2.24, 2.45) is 5.92 Å². The number of fused-ring (bicyclic) bond motifs is 1. The molecule has 1 aliphatic heterocycles. The van der Waals surface area contributed by atoms with E-state index in [1.807, 2.05) is 19.1 Å². The molecule has 1 saturated heterocycles. The molecule has 0 spiro atoms. The van der Waals surface area contributed by atoms with Crippen molar-refractivity contribution in [1.29, 1.82) is 0 Å². The van der Waals surface area contributed by atoms with Crippen LogP contribution >= 0.6 is 0 Å². The number of aromatic amines is 1. The fraction of sp³-hybridized carbons (Fsp3) is 0.412. The number of likely N-dealkylation sites (tertiary alicyclic amines) is 1. The van der Waals surface area contributed by atoms with Crippen molar-refractivity contribution >= 4 is 16.8 Å². The Morgan fingerprint density at radius 2 is 2.19 bits per heavy atom. The number of rotatable bonds is 1. The van der Waals surface area contributed by atoms with Crippen LogP contribution in [0.15, 0.2) is 29.2 Å². The molecule has 0 bridgehead atoms. The molecule has 0 radical (unpaired) electrons. The van der Waals surface area contributed by atoms with Gasteiger partial charge < -0.3 is 9.88 Å². The molecule has 110 valence electrons. The number of nitrogens with one attached hydrogen (secondary N) is 1. The molecule has 1 N–H and O–H groups in total. The topological polar surface area (TPSA) is 53.2 Å². The maximum Gasteiger partial charge on any atom is 0.259 e. The number of H-pyrrole nitrogens is 1. The van der Waals surface area contributed by atoms with Gasteiger partial charge in [-0.05, 0) is 37.3 Å². The highest BCUT2D eigenvalue weighted by Crippen LogP contribution is 2.18. The lowest BCUT2D eigenvalue weighted by Crippen LogP contribution is -2.41. The Kier molecular flexibility index (Phi) is 3.53. The number of para-hydroxylation sites is 1. The normalized spacial score (nSPS) is 19.0. The van der Waals surface area contributed by atoms with Crippen LogP contribution in [0.25, 0.3) is 10.9 Å². The zero-order chi connectivity index (χ0) is 15.0.